The van der Waals surface area contributed by atoms with Crippen LogP contribution in [0.25, 0.3) is 0 Å². The SMILES string of the molecule is CCCCCCC/C=C\C/C=C\CCCCCCCCCCCCCCCCCCCC(=O)OCC(COC(=O)CCCCCCCCC)OC(=O)CCCCCCCCCCC/C=C\C/C=C\CCCCCCC. The third-order valence-electron chi connectivity index (χ3n) is 14.8. The maximum atomic E-state index is 12.9. The van der Waals surface area contributed by atoms with Gasteiger partial charge in [0.1, 0.15) is 13.2 Å². The summed E-state index contributed by atoms with van der Waals surface area (Å²) in [6.07, 6.45) is 80.1. The van der Waals surface area contributed by atoms with Crippen molar-refractivity contribution in [1.29, 1.82) is 0 Å². The summed E-state index contributed by atoms with van der Waals surface area (Å²) in [5, 5.41) is 0. The Morgan fingerprint density at radius 1 is 0.267 bits per heavy atom. The first-order valence-corrected chi connectivity index (χ1v) is 33.1. The van der Waals surface area contributed by atoms with Crippen molar-refractivity contribution >= 4 is 17.9 Å². The number of unbranched alkanes of at least 4 members (excludes halogenated alkanes) is 42. The van der Waals surface area contributed by atoms with Crippen molar-refractivity contribution in [2.75, 3.05) is 13.2 Å². The molecule has 0 radical (unpaired) electrons. The molecule has 0 rings (SSSR count). The predicted octanol–water partition coefficient (Wildman–Crippen LogP) is 22.6. The molecular weight excluding hydrogens is 925 g/mol. The molecule has 0 aliphatic heterocycles. The molecule has 0 bridgehead atoms. The van der Waals surface area contributed by atoms with Gasteiger partial charge in [0.25, 0.3) is 0 Å². The van der Waals surface area contributed by atoms with E-state index in [1.165, 1.54) is 244 Å². The molecule has 0 saturated carbocycles. The smallest absolute Gasteiger partial charge is 0.306 e. The molecule has 6 nitrogen and oxygen atoms in total. The molecule has 0 aromatic carbocycles. The lowest BCUT2D eigenvalue weighted by molar-refractivity contribution is -0.167. The zero-order valence-electron chi connectivity index (χ0n) is 50.3. The van der Waals surface area contributed by atoms with E-state index >= 15 is 0 Å². The molecule has 1 unspecified atom stereocenters. The Morgan fingerprint density at radius 2 is 0.480 bits per heavy atom. The van der Waals surface area contributed by atoms with Crippen LogP contribution in [0.4, 0.5) is 0 Å². The molecule has 75 heavy (non-hydrogen) atoms. The van der Waals surface area contributed by atoms with Gasteiger partial charge in [-0.05, 0) is 83.5 Å². The van der Waals surface area contributed by atoms with Gasteiger partial charge < -0.3 is 14.2 Å². The molecule has 0 heterocycles. The van der Waals surface area contributed by atoms with E-state index in [9.17, 15) is 14.4 Å². The normalized spacial score (nSPS) is 12.3. The summed E-state index contributed by atoms with van der Waals surface area (Å²) in [6.45, 7) is 6.62. The van der Waals surface area contributed by atoms with Crippen LogP contribution in [0.15, 0.2) is 48.6 Å². The van der Waals surface area contributed by atoms with Crippen molar-refractivity contribution in [2.45, 2.75) is 361 Å². The van der Waals surface area contributed by atoms with E-state index < -0.39 is 6.10 Å². The highest BCUT2D eigenvalue weighted by atomic mass is 16.6. The van der Waals surface area contributed by atoms with Crippen molar-refractivity contribution in [1.82, 2.24) is 0 Å². The van der Waals surface area contributed by atoms with Gasteiger partial charge in [-0.3, -0.25) is 14.4 Å². The van der Waals surface area contributed by atoms with Crippen molar-refractivity contribution < 1.29 is 28.6 Å². The van der Waals surface area contributed by atoms with E-state index in [0.717, 1.165) is 70.6 Å². The Labute approximate surface area is 467 Å². The van der Waals surface area contributed by atoms with Crippen molar-refractivity contribution in [3.8, 4) is 0 Å². The second kappa shape index (κ2) is 63.9. The van der Waals surface area contributed by atoms with Crippen molar-refractivity contribution in [3.05, 3.63) is 48.6 Å². The summed E-state index contributed by atoms with van der Waals surface area (Å²) < 4.78 is 16.9. The zero-order valence-corrected chi connectivity index (χ0v) is 50.3. The summed E-state index contributed by atoms with van der Waals surface area (Å²) in [6, 6.07) is 0. The molecule has 6 heteroatoms. The number of hydrogen-bond donors (Lipinski definition) is 0. The molecular formula is C69H126O6. The van der Waals surface area contributed by atoms with E-state index in [0.29, 0.717) is 19.3 Å². The van der Waals surface area contributed by atoms with Gasteiger partial charge in [-0.25, -0.2) is 0 Å². The highest BCUT2D eigenvalue weighted by Crippen LogP contribution is 2.17. The Morgan fingerprint density at radius 3 is 0.733 bits per heavy atom. The van der Waals surface area contributed by atoms with Gasteiger partial charge in [0.15, 0.2) is 6.10 Å². The lowest BCUT2D eigenvalue weighted by Crippen LogP contribution is -2.30. The monoisotopic (exact) mass is 1050 g/mol. The average Bonchev–Trinajstić information content (AvgIpc) is 3.41. The van der Waals surface area contributed by atoms with Crippen LogP contribution in [-0.4, -0.2) is 37.2 Å². The molecule has 0 aliphatic carbocycles. The molecule has 0 aromatic heterocycles. The first-order valence-electron chi connectivity index (χ1n) is 33.1. The Kier molecular flexibility index (Phi) is 61.7. The third-order valence-corrected chi connectivity index (χ3v) is 14.8. The van der Waals surface area contributed by atoms with E-state index in [1.807, 2.05) is 0 Å². The fourth-order valence-corrected chi connectivity index (χ4v) is 9.80. The van der Waals surface area contributed by atoms with Crippen LogP contribution in [0, 0.1) is 0 Å². The standard InChI is InChI=1S/C69H126O6/c1-4-7-10-13-16-18-20-22-24-26-28-30-31-32-33-34-35-36-37-39-40-42-44-46-48-50-53-56-59-62-68(71)74-65-66(64-73-67(70)61-58-55-52-15-12-9-6-3)75-69(72)63-60-57-54-51-49-47-45-43-41-38-29-27-25-23-21-19-17-14-11-8-5-2/h20-23,26-29,66H,4-19,24-25,30-65H2,1-3H3/b22-20-,23-21-,28-26-,29-27-. The van der Waals surface area contributed by atoms with Crippen LogP contribution in [0.2, 0.25) is 0 Å². The number of carbonyl (C=O) groups excluding carboxylic acids is 3. The van der Waals surface area contributed by atoms with Crippen LogP contribution in [0.3, 0.4) is 0 Å². The van der Waals surface area contributed by atoms with E-state index in [4.69, 9.17) is 14.2 Å². The van der Waals surface area contributed by atoms with Crippen molar-refractivity contribution in [3.63, 3.8) is 0 Å². The van der Waals surface area contributed by atoms with Crippen LogP contribution >= 0.6 is 0 Å². The summed E-state index contributed by atoms with van der Waals surface area (Å²) in [4.78, 5) is 38.1. The van der Waals surface area contributed by atoms with E-state index in [1.54, 1.807) is 0 Å². The first kappa shape index (κ1) is 72.4. The first-order chi connectivity index (χ1) is 37.0. The maximum Gasteiger partial charge on any atom is 0.306 e. The third kappa shape index (κ3) is 62.1. The summed E-state index contributed by atoms with van der Waals surface area (Å²) in [7, 11) is 0. The molecule has 0 aromatic rings. The second-order valence-electron chi connectivity index (χ2n) is 22.4. The Hall–Kier alpha value is -2.63. The molecule has 438 valence electrons. The molecule has 0 aliphatic rings. The summed E-state index contributed by atoms with van der Waals surface area (Å²) in [5.41, 5.74) is 0. The molecule has 1 atom stereocenters. The molecule has 0 saturated heterocycles. The quantitative estimate of drug-likeness (QED) is 0.0261. The molecule has 0 fully saturated rings. The Bertz CT molecular complexity index is 1300. The number of esters is 3. The fraction of sp³-hybridized carbons (Fsp3) is 0.841. The second-order valence-corrected chi connectivity index (χ2v) is 22.4. The topological polar surface area (TPSA) is 78.9 Å². The largest absolute Gasteiger partial charge is 0.462 e. The van der Waals surface area contributed by atoms with Crippen LogP contribution < -0.4 is 0 Å². The number of hydrogen-bond acceptors (Lipinski definition) is 6. The minimum Gasteiger partial charge on any atom is -0.462 e. The number of carbonyl (C=O) groups is 3. The molecule has 0 N–H and O–H groups in total. The minimum atomic E-state index is -0.771. The van der Waals surface area contributed by atoms with Gasteiger partial charge in [0, 0.05) is 19.3 Å². The number of allylic oxidation sites excluding steroid dienone is 8. The van der Waals surface area contributed by atoms with E-state index in [-0.39, 0.29) is 31.1 Å². The summed E-state index contributed by atoms with van der Waals surface area (Å²) >= 11 is 0. The average molecular weight is 1050 g/mol. The van der Waals surface area contributed by atoms with Crippen LogP contribution in [0.1, 0.15) is 355 Å². The fourth-order valence-electron chi connectivity index (χ4n) is 9.80. The molecule has 0 amide bonds. The van der Waals surface area contributed by atoms with Gasteiger partial charge in [-0.2, -0.15) is 0 Å². The lowest BCUT2D eigenvalue weighted by Gasteiger charge is -2.18. The van der Waals surface area contributed by atoms with Crippen LogP contribution in [-0.2, 0) is 28.6 Å². The lowest BCUT2D eigenvalue weighted by atomic mass is 10.0. The van der Waals surface area contributed by atoms with Gasteiger partial charge >= 0.3 is 17.9 Å². The number of ether oxygens (including phenoxy) is 3. The van der Waals surface area contributed by atoms with Gasteiger partial charge in [0.05, 0.1) is 0 Å². The number of rotatable bonds is 61. The van der Waals surface area contributed by atoms with Gasteiger partial charge in [-0.15, -0.1) is 0 Å². The Balaban J connectivity index is 4.06. The molecule has 0 spiro atoms. The van der Waals surface area contributed by atoms with Crippen molar-refractivity contribution in [2.24, 2.45) is 0 Å². The predicted molar refractivity (Wildman–Crippen MR) is 325 cm³/mol. The minimum absolute atomic E-state index is 0.0709. The highest BCUT2D eigenvalue weighted by molar-refractivity contribution is 5.71. The maximum absolute atomic E-state index is 12.9. The zero-order chi connectivity index (χ0) is 54.3. The van der Waals surface area contributed by atoms with E-state index in [2.05, 4.69) is 69.4 Å². The van der Waals surface area contributed by atoms with Gasteiger partial charge in [-0.1, -0.05) is 301 Å². The van der Waals surface area contributed by atoms with Gasteiger partial charge in [0.2, 0.25) is 0 Å². The highest BCUT2D eigenvalue weighted by Gasteiger charge is 2.19. The summed E-state index contributed by atoms with van der Waals surface area (Å²) in [5.74, 6) is -0.862. The van der Waals surface area contributed by atoms with Crippen LogP contribution in [0.5, 0.6) is 0 Å².